The first-order valence-corrected chi connectivity index (χ1v) is 9.31. The van der Waals surface area contributed by atoms with Gasteiger partial charge in [-0.2, -0.15) is 4.39 Å². The molecule has 0 saturated heterocycles. The van der Waals surface area contributed by atoms with E-state index in [1.165, 1.54) is 12.1 Å². The lowest BCUT2D eigenvalue weighted by atomic mass is 9.90. The molecule has 1 fully saturated rings. The highest BCUT2D eigenvalue weighted by Gasteiger charge is 2.29. The predicted octanol–water partition coefficient (Wildman–Crippen LogP) is 5.57. The molecule has 27 heavy (non-hydrogen) atoms. The standard InChI is InChI=1S/C21H21F2NO2S/c1-13(2)26-19-8-7-18(20(22)21(19)23)15-5-3-14(4-6-15)11-25-17-9-16(10-17)24-12-27/h3-8,13,16-17H,9-11H2,1-2H3/t16-,17-. The van der Waals surface area contributed by atoms with Gasteiger partial charge in [0.05, 0.1) is 30.0 Å². The second kappa shape index (κ2) is 8.70. The third-order valence-electron chi connectivity index (χ3n) is 4.47. The summed E-state index contributed by atoms with van der Waals surface area (Å²) >= 11 is 4.59. The SMILES string of the molecule is CC(C)Oc1ccc(-c2ccc(CO[C@H]3C[C@H](N=C=S)C3)cc2)c(F)c1F. The van der Waals surface area contributed by atoms with Crippen LogP contribution in [0.1, 0.15) is 32.3 Å². The number of rotatable bonds is 7. The first-order chi connectivity index (χ1) is 13.0. The second-order valence-corrected chi connectivity index (χ2v) is 7.06. The van der Waals surface area contributed by atoms with Crippen LogP contribution in [0.2, 0.25) is 0 Å². The molecular formula is C21H21F2NO2S. The van der Waals surface area contributed by atoms with E-state index in [9.17, 15) is 8.78 Å². The van der Waals surface area contributed by atoms with Crippen LogP contribution in [0.15, 0.2) is 41.4 Å². The summed E-state index contributed by atoms with van der Waals surface area (Å²) in [5.74, 6) is -1.95. The Morgan fingerprint density at radius 2 is 1.81 bits per heavy atom. The van der Waals surface area contributed by atoms with Crippen molar-refractivity contribution in [2.75, 3.05) is 0 Å². The van der Waals surface area contributed by atoms with Gasteiger partial charge in [-0.15, -0.1) is 0 Å². The summed E-state index contributed by atoms with van der Waals surface area (Å²) in [5.41, 5.74) is 1.78. The van der Waals surface area contributed by atoms with Crippen molar-refractivity contribution in [1.82, 2.24) is 0 Å². The fourth-order valence-corrected chi connectivity index (χ4v) is 3.10. The zero-order valence-corrected chi connectivity index (χ0v) is 16.1. The van der Waals surface area contributed by atoms with Crippen LogP contribution in [0.25, 0.3) is 11.1 Å². The molecular weight excluding hydrogens is 368 g/mol. The number of isothiocyanates is 1. The Bertz CT molecular complexity index is 842. The van der Waals surface area contributed by atoms with Crippen molar-refractivity contribution in [1.29, 1.82) is 0 Å². The Hall–Kier alpha value is -2.14. The smallest absolute Gasteiger partial charge is 0.201 e. The molecule has 0 bridgehead atoms. The van der Waals surface area contributed by atoms with Gasteiger partial charge in [0, 0.05) is 5.56 Å². The molecule has 0 atom stereocenters. The minimum Gasteiger partial charge on any atom is -0.488 e. The largest absolute Gasteiger partial charge is 0.488 e. The summed E-state index contributed by atoms with van der Waals surface area (Å²) in [5, 5.41) is 2.39. The summed E-state index contributed by atoms with van der Waals surface area (Å²) in [4.78, 5) is 4.03. The van der Waals surface area contributed by atoms with E-state index in [-0.39, 0.29) is 29.6 Å². The Morgan fingerprint density at radius 3 is 2.44 bits per heavy atom. The number of benzene rings is 2. The van der Waals surface area contributed by atoms with E-state index in [1.54, 1.807) is 26.0 Å². The zero-order valence-electron chi connectivity index (χ0n) is 15.2. The topological polar surface area (TPSA) is 30.8 Å². The predicted molar refractivity (Wildman–Crippen MR) is 104 cm³/mol. The van der Waals surface area contributed by atoms with Crippen LogP contribution in [0.3, 0.4) is 0 Å². The lowest BCUT2D eigenvalue weighted by Crippen LogP contribution is -2.34. The molecule has 0 N–H and O–H groups in total. The molecule has 0 aromatic heterocycles. The molecule has 0 spiro atoms. The maximum atomic E-state index is 14.4. The van der Waals surface area contributed by atoms with Crippen molar-refractivity contribution in [3.63, 3.8) is 0 Å². The molecule has 1 aliphatic rings. The van der Waals surface area contributed by atoms with Gasteiger partial charge in [0.25, 0.3) is 0 Å². The van der Waals surface area contributed by atoms with E-state index < -0.39 is 11.6 Å². The van der Waals surface area contributed by atoms with Crippen LogP contribution >= 0.6 is 12.2 Å². The minimum absolute atomic E-state index is 0.0759. The van der Waals surface area contributed by atoms with E-state index in [1.807, 2.05) is 12.1 Å². The second-order valence-electron chi connectivity index (χ2n) is 6.88. The summed E-state index contributed by atoms with van der Waals surface area (Å²) in [7, 11) is 0. The van der Waals surface area contributed by atoms with Crippen molar-refractivity contribution in [3.05, 3.63) is 53.6 Å². The Morgan fingerprint density at radius 1 is 1.11 bits per heavy atom. The number of hydrogen-bond donors (Lipinski definition) is 0. The first-order valence-electron chi connectivity index (χ1n) is 8.90. The van der Waals surface area contributed by atoms with Crippen molar-refractivity contribution in [2.24, 2.45) is 4.99 Å². The van der Waals surface area contributed by atoms with Gasteiger partial charge in [-0.05, 0) is 62.2 Å². The highest BCUT2D eigenvalue weighted by molar-refractivity contribution is 7.78. The molecule has 0 radical (unpaired) electrons. The number of nitrogens with zero attached hydrogens (tertiary/aromatic N) is 1. The van der Waals surface area contributed by atoms with Gasteiger partial charge in [-0.25, -0.2) is 9.38 Å². The number of halogens is 2. The number of ether oxygens (including phenoxy) is 2. The molecule has 0 unspecified atom stereocenters. The molecule has 6 heteroatoms. The lowest BCUT2D eigenvalue weighted by molar-refractivity contribution is -0.0182. The van der Waals surface area contributed by atoms with Crippen molar-refractivity contribution >= 4 is 17.4 Å². The molecule has 1 saturated carbocycles. The summed E-state index contributed by atoms with van der Waals surface area (Å²) < 4.78 is 39.7. The Labute approximate surface area is 163 Å². The van der Waals surface area contributed by atoms with E-state index in [2.05, 4.69) is 22.4 Å². The maximum Gasteiger partial charge on any atom is 0.201 e. The van der Waals surface area contributed by atoms with Crippen LogP contribution < -0.4 is 4.74 Å². The first kappa shape index (κ1) is 19.6. The van der Waals surface area contributed by atoms with Crippen molar-refractivity contribution in [3.8, 4) is 16.9 Å². The number of thiocarbonyl (C=S) groups is 1. The normalized spacial score (nSPS) is 18.7. The van der Waals surface area contributed by atoms with Crippen molar-refractivity contribution in [2.45, 2.75) is 51.5 Å². The van der Waals surface area contributed by atoms with Crippen LogP contribution in [0.5, 0.6) is 5.75 Å². The minimum atomic E-state index is -0.966. The summed E-state index contributed by atoms with van der Waals surface area (Å²) in [6.45, 7) is 4.00. The van der Waals surface area contributed by atoms with Gasteiger partial charge < -0.3 is 9.47 Å². The molecule has 2 aromatic rings. The molecule has 142 valence electrons. The van der Waals surface area contributed by atoms with Crippen LogP contribution in [-0.2, 0) is 11.3 Å². The van der Waals surface area contributed by atoms with Gasteiger partial charge in [0.15, 0.2) is 11.6 Å². The summed E-state index contributed by atoms with van der Waals surface area (Å²) in [6.07, 6.45) is 1.67. The van der Waals surface area contributed by atoms with Crippen LogP contribution in [-0.4, -0.2) is 23.4 Å². The van der Waals surface area contributed by atoms with Crippen molar-refractivity contribution < 1.29 is 18.3 Å². The van der Waals surface area contributed by atoms with E-state index in [0.29, 0.717) is 12.2 Å². The van der Waals surface area contributed by atoms with E-state index in [4.69, 9.17) is 9.47 Å². The quantitative estimate of drug-likeness (QED) is 0.458. The number of hydrogen-bond acceptors (Lipinski definition) is 4. The highest BCUT2D eigenvalue weighted by Crippen LogP contribution is 2.31. The van der Waals surface area contributed by atoms with Gasteiger partial charge in [0.1, 0.15) is 0 Å². The fraction of sp³-hybridized carbons (Fsp3) is 0.381. The van der Waals surface area contributed by atoms with Gasteiger partial charge in [-0.3, -0.25) is 0 Å². The molecule has 0 amide bonds. The third-order valence-corrected chi connectivity index (χ3v) is 4.57. The van der Waals surface area contributed by atoms with Crippen LogP contribution in [0, 0.1) is 11.6 Å². The maximum absolute atomic E-state index is 14.4. The lowest BCUT2D eigenvalue weighted by Gasteiger charge is -2.31. The average molecular weight is 389 g/mol. The Kier molecular flexibility index (Phi) is 6.32. The molecule has 3 nitrogen and oxygen atoms in total. The summed E-state index contributed by atoms with van der Waals surface area (Å²) in [6, 6.07) is 10.5. The molecule has 3 rings (SSSR count). The number of aliphatic imine (C=N–C) groups is 1. The van der Waals surface area contributed by atoms with E-state index >= 15 is 0 Å². The molecule has 0 heterocycles. The monoisotopic (exact) mass is 389 g/mol. The Balaban J connectivity index is 1.63. The zero-order chi connectivity index (χ0) is 19.4. The third kappa shape index (κ3) is 4.78. The van der Waals surface area contributed by atoms with Gasteiger partial charge in [-0.1, -0.05) is 24.3 Å². The highest BCUT2D eigenvalue weighted by atomic mass is 32.1. The van der Waals surface area contributed by atoms with Gasteiger partial charge in [0.2, 0.25) is 5.82 Å². The van der Waals surface area contributed by atoms with Crippen LogP contribution in [0.4, 0.5) is 8.78 Å². The van der Waals surface area contributed by atoms with E-state index in [0.717, 1.165) is 18.4 Å². The average Bonchev–Trinajstić information content (AvgIpc) is 2.61. The van der Waals surface area contributed by atoms with Gasteiger partial charge >= 0.3 is 0 Å². The molecule has 2 aromatic carbocycles. The fourth-order valence-electron chi connectivity index (χ4n) is 2.95. The molecule has 1 aliphatic carbocycles. The molecule has 0 aliphatic heterocycles.